The van der Waals surface area contributed by atoms with Crippen molar-refractivity contribution in [2.24, 2.45) is 0 Å². The number of esters is 1. The zero-order valence-electron chi connectivity index (χ0n) is 14.1. The highest BCUT2D eigenvalue weighted by Crippen LogP contribution is 2.18. The van der Waals surface area contributed by atoms with Crippen LogP contribution in [0.25, 0.3) is 0 Å². The van der Waals surface area contributed by atoms with Gasteiger partial charge in [-0.15, -0.1) is 0 Å². The van der Waals surface area contributed by atoms with E-state index in [1.807, 2.05) is 54.6 Å². The standard InChI is InChI=1S/C21H20O4/c1-2-23-21(22)11-7-4-8-16-24-19-12-14-20(15-13-19)25-17-18-9-5-3-6-10-18/h3,5-7,9-15H,2,16-17H2,1H3/b11-7+. The molecule has 0 saturated heterocycles. The van der Waals surface area contributed by atoms with E-state index in [9.17, 15) is 4.79 Å². The lowest BCUT2D eigenvalue weighted by Gasteiger charge is -2.07. The molecule has 0 aliphatic carbocycles. The van der Waals surface area contributed by atoms with Crippen LogP contribution in [-0.4, -0.2) is 19.2 Å². The molecule has 0 N–H and O–H groups in total. The molecule has 2 aromatic carbocycles. The van der Waals surface area contributed by atoms with Crippen LogP contribution in [0.15, 0.2) is 66.7 Å². The molecule has 0 bridgehead atoms. The van der Waals surface area contributed by atoms with Crippen molar-refractivity contribution in [1.29, 1.82) is 0 Å². The van der Waals surface area contributed by atoms with Gasteiger partial charge in [0.1, 0.15) is 24.7 Å². The first-order valence-electron chi connectivity index (χ1n) is 7.99. The molecule has 4 heteroatoms. The van der Waals surface area contributed by atoms with Gasteiger partial charge in [0.25, 0.3) is 0 Å². The summed E-state index contributed by atoms with van der Waals surface area (Å²) in [6.07, 6.45) is 2.73. The van der Waals surface area contributed by atoms with E-state index in [0.717, 1.165) is 11.3 Å². The summed E-state index contributed by atoms with van der Waals surface area (Å²) < 4.78 is 15.9. The monoisotopic (exact) mass is 336 g/mol. The molecule has 4 nitrogen and oxygen atoms in total. The Balaban J connectivity index is 1.72. The molecule has 25 heavy (non-hydrogen) atoms. The molecule has 2 aromatic rings. The van der Waals surface area contributed by atoms with Crippen molar-refractivity contribution >= 4 is 5.97 Å². The summed E-state index contributed by atoms with van der Waals surface area (Å²) in [5.41, 5.74) is 1.12. The highest BCUT2D eigenvalue weighted by atomic mass is 16.5. The van der Waals surface area contributed by atoms with Gasteiger partial charge in [-0.05, 0) is 42.8 Å². The summed E-state index contributed by atoms with van der Waals surface area (Å²) in [7, 11) is 0. The van der Waals surface area contributed by atoms with Crippen LogP contribution in [0, 0.1) is 11.8 Å². The van der Waals surface area contributed by atoms with Gasteiger partial charge in [0.05, 0.1) is 6.61 Å². The van der Waals surface area contributed by atoms with Gasteiger partial charge >= 0.3 is 5.97 Å². The van der Waals surface area contributed by atoms with Crippen molar-refractivity contribution < 1.29 is 19.0 Å². The van der Waals surface area contributed by atoms with Crippen molar-refractivity contribution in [3.63, 3.8) is 0 Å². The summed E-state index contributed by atoms with van der Waals surface area (Å²) in [5, 5.41) is 0. The Morgan fingerprint density at radius 2 is 1.68 bits per heavy atom. The minimum absolute atomic E-state index is 0.234. The molecule has 0 spiro atoms. The van der Waals surface area contributed by atoms with Gasteiger partial charge in [0.15, 0.2) is 0 Å². The minimum Gasteiger partial charge on any atom is -0.489 e. The number of hydrogen-bond acceptors (Lipinski definition) is 4. The van der Waals surface area contributed by atoms with Gasteiger partial charge in [0, 0.05) is 6.08 Å². The summed E-state index contributed by atoms with van der Waals surface area (Å²) in [6.45, 7) is 2.87. The van der Waals surface area contributed by atoms with Gasteiger partial charge in [-0.2, -0.15) is 0 Å². The van der Waals surface area contributed by atoms with Gasteiger partial charge < -0.3 is 14.2 Å². The molecular formula is C21H20O4. The first-order chi connectivity index (χ1) is 12.3. The molecule has 0 aromatic heterocycles. The maximum absolute atomic E-state index is 11.1. The van der Waals surface area contributed by atoms with Crippen LogP contribution >= 0.6 is 0 Å². The third kappa shape index (κ3) is 7.28. The van der Waals surface area contributed by atoms with E-state index >= 15 is 0 Å². The number of carbonyl (C=O) groups excluding carboxylic acids is 1. The van der Waals surface area contributed by atoms with Crippen LogP contribution in [0.3, 0.4) is 0 Å². The summed E-state index contributed by atoms with van der Waals surface area (Å²) in [4.78, 5) is 11.1. The second-order valence-electron chi connectivity index (χ2n) is 4.94. The third-order valence-corrected chi connectivity index (χ3v) is 3.07. The molecule has 0 atom stereocenters. The highest BCUT2D eigenvalue weighted by molar-refractivity contribution is 5.82. The highest BCUT2D eigenvalue weighted by Gasteiger charge is 1.97. The summed E-state index contributed by atoms with van der Waals surface area (Å²) in [5.74, 6) is 6.59. The molecular weight excluding hydrogens is 316 g/mol. The fraction of sp³-hybridized carbons (Fsp3) is 0.190. The number of ether oxygens (including phenoxy) is 3. The zero-order chi connectivity index (χ0) is 17.7. The lowest BCUT2D eigenvalue weighted by atomic mass is 10.2. The SMILES string of the molecule is CCOC(=O)/C=C/C#CCOc1ccc(OCc2ccccc2)cc1. The van der Waals surface area contributed by atoms with E-state index < -0.39 is 5.97 Å². The summed E-state index contributed by atoms with van der Waals surface area (Å²) in [6, 6.07) is 17.4. The molecule has 0 heterocycles. The van der Waals surface area contributed by atoms with Crippen LogP contribution < -0.4 is 9.47 Å². The maximum atomic E-state index is 11.1. The molecule has 0 fully saturated rings. The largest absolute Gasteiger partial charge is 0.489 e. The van der Waals surface area contributed by atoms with Crippen LogP contribution in [-0.2, 0) is 16.1 Å². The van der Waals surface area contributed by atoms with Gasteiger partial charge in [-0.1, -0.05) is 42.2 Å². The third-order valence-electron chi connectivity index (χ3n) is 3.07. The molecule has 128 valence electrons. The second kappa shape index (κ2) is 10.6. The van der Waals surface area contributed by atoms with E-state index in [-0.39, 0.29) is 6.61 Å². The smallest absolute Gasteiger partial charge is 0.331 e. The number of benzene rings is 2. The Morgan fingerprint density at radius 3 is 2.36 bits per heavy atom. The summed E-state index contributed by atoms with van der Waals surface area (Å²) >= 11 is 0. The molecule has 0 saturated carbocycles. The molecule has 0 aliphatic heterocycles. The van der Waals surface area contributed by atoms with Gasteiger partial charge in [-0.3, -0.25) is 0 Å². The second-order valence-corrected chi connectivity index (χ2v) is 4.94. The van der Waals surface area contributed by atoms with Gasteiger partial charge in [0.2, 0.25) is 0 Å². The van der Waals surface area contributed by atoms with Crippen molar-refractivity contribution in [3.05, 3.63) is 72.3 Å². The average Bonchev–Trinajstić information content (AvgIpc) is 2.65. The van der Waals surface area contributed by atoms with E-state index in [2.05, 4.69) is 11.8 Å². The predicted molar refractivity (Wildman–Crippen MR) is 96.3 cm³/mol. The number of rotatable bonds is 7. The van der Waals surface area contributed by atoms with Crippen molar-refractivity contribution in [3.8, 4) is 23.3 Å². The fourth-order valence-corrected chi connectivity index (χ4v) is 1.89. The Hall–Kier alpha value is -3.19. The first-order valence-corrected chi connectivity index (χ1v) is 7.99. The van der Waals surface area contributed by atoms with E-state index in [1.54, 1.807) is 6.92 Å². The quantitative estimate of drug-likeness (QED) is 0.439. The number of hydrogen-bond donors (Lipinski definition) is 0. The van der Waals surface area contributed by atoms with Crippen LogP contribution in [0.4, 0.5) is 0 Å². The van der Waals surface area contributed by atoms with E-state index in [0.29, 0.717) is 19.0 Å². The predicted octanol–water partition coefficient (Wildman–Crippen LogP) is 3.77. The van der Waals surface area contributed by atoms with Crippen LogP contribution in [0.2, 0.25) is 0 Å². The molecule has 0 unspecified atom stereocenters. The first kappa shape index (κ1) is 18.2. The van der Waals surface area contributed by atoms with Crippen molar-refractivity contribution in [2.75, 3.05) is 13.2 Å². The Kier molecular flexibility index (Phi) is 7.67. The van der Waals surface area contributed by atoms with Crippen molar-refractivity contribution in [1.82, 2.24) is 0 Å². The van der Waals surface area contributed by atoms with E-state index in [1.165, 1.54) is 12.2 Å². The van der Waals surface area contributed by atoms with Crippen molar-refractivity contribution in [2.45, 2.75) is 13.5 Å². The Morgan fingerprint density at radius 1 is 1.00 bits per heavy atom. The van der Waals surface area contributed by atoms with Gasteiger partial charge in [-0.25, -0.2) is 4.79 Å². The van der Waals surface area contributed by atoms with Crippen LogP contribution in [0.5, 0.6) is 11.5 Å². The number of allylic oxidation sites excluding steroid dienone is 1. The molecule has 0 radical (unpaired) electrons. The minimum atomic E-state index is -0.399. The van der Waals surface area contributed by atoms with E-state index in [4.69, 9.17) is 14.2 Å². The topological polar surface area (TPSA) is 44.8 Å². The Bertz CT molecular complexity index is 737. The van der Waals surface area contributed by atoms with Crippen LogP contribution in [0.1, 0.15) is 12.5 Å². The lowest BCUT2D eigenvalue weighted by Crippen LogP contribution is -1.98. The molecule has 2 rings (SSSR count). The average molecular weight is 336 g/mol. The maximum Gasteiger partial charge on any atom is 0.331 e. The number of carbonyl (C=O) groups is 1. The normalized spacial score (nSPS) is 9.96. The lowest BCUT2D eigenvalue weighted by molar-refractivity contribution is -0.137. The fourth-order valence-electron chi connectivity index (χ4n) is 1.89. The zero-order valence-corrected chi connectivity index (χ0v) is 14.1. The Labute approximate surface area is 148 Å². The molecule has 0 aliphatic rings. The molecule has 0 amide bonds.